The lowest BCUT2D eigenvalue weighted by atomic mass is 9.74. The van der Waals surface area contributed by atoms with Crippen LogP contribution >= 0.6 is 23.5 Å². The summed E-state index contributed by atoms with van der Waals surface area (Å²) in [7, 11) is -0.809. The van der Waals surface area contributed by atoms with Crippen molar-refractivity contribution in [2.75, 3.05) is 18.1 Å². The third-order valence-electron chi connectivity index (χ3n) is 4.82. The highest BCUT2D eigenvalue weighted by atomic mass is 32.2. The number of amides is 1. The second-order valence-electron chi connectivity index (χ2n) is 6.79. The van der Waals surface area contributed by atoms with Gasteiger partial charge >= 0.3 is 12.1 Å². The topological polar surface area (TPSA) is 119 Å². The van der Waals surface area contributed by atoms with E-state index in [0.717, 1.165) is 10.7 Å². The lowest BCUT2D eigenvalue weighted by Gasteiger charge is -2.50. The van der Waals surface area contributed by atoms with Crippen molar-refractivity contribution in [1.82, 2.24) is 4.90 Å². The number of hydrogen-bond donors (Lipinski definition) is 1. The van der Waals surface area contributed by atoms with Crippen LogP contribution in [-0.2, 0) is 34.6 Å². The average molecular weight is 466 g/mol. The van der Waals surface area contributed by atoms with Gasteiger partial charge in [-0.05, 0) is 20.3 Å². The lowest BCUT2D eigenvalue weighted by molar-refractivity contribution is -0.203. The van der Waals surface area contributed by atoms with Gasteiger partial charge < -0.3 is 24.2 Å². The van der Waals surface area contributed by atoms with Gasteiger partial charge in [0.2, 0.25) is 11.7 Å². The number of fused-ring (bicyclic) bond motifs is 1. The number of carbonyl (C=O) groups is 3. The van der Waals surface area contributed by atoms with Crippen molar-refractivity contribution >= 4 is 52.4 Å². The Morgan fingerprint density at radius 3 is 2.76 bits per heavy atom. The molecule has 0 saturated carbocycles. The summed E-state index contributed by atoms with van der Waals surface area (Å²) in [6, 6.07) is 0. The molecule has 2 fully saturated rings. The van der Waals surface area contributed by atoms with Crippen molar-refractivity contribution in [3.63, 3.8) is 0 Å². The Morgan fingerprint density at radius 1 is 1.45 bits per heavy atom. The van der Waals surface area contributed by atoms with Gasteiger partial charge in [0.05, 0.1) is 16.9 Å². The SMILES string of the molecule is CCOC(=O)OC(C)OC(=O)[C@]1([C@@H](C)O)C(=O)N2C=C(S[C@H]3CC[S@@](=O)C3)S[C@@H]21. The number of ether oxygens (including phenoxy) is 3. The highest BCUT2D eigenvalue weighted by Gasteiger charge is 2.71. The van der Waals surface area contributed by atoms with Crippen LogP contribution in [0, 0.1) is 5.41 Å². The Labute approximate surface area is 179 Å². The van der Waals surface area contributed by atoms with Crippen LogP contribution in [0.1, 0.15) is 27.2 Å². The zero-order chi connectivity index (χ0) is 21.3. The normalized spacial score (nSPS) is 32.7. The molecule has 9 nitrogen and oxygen atoms in total. The maximum atomic E-state index is 12.8. The van der Waals surface area contributed by atoms with E-state index in [1.54, 1.807) is 13.1 Å². The summed E-state index contributed by atoms with van der Waals surface area (Å²) in [5, 5.41) is 9.89. The van der Waals surface area contributed by atoms with Crippen molar-refractivity contribution in [1.29, 1.82) is 0 Å². The van der Waals surface area contributed by atoms with Gasteiger partial charge in [-0.1, -0.05) is 11.8 Å². The molecule has 0 aromatic rings. The summed E-state index contributed by atoms with van der Waals surface area (Å²) in [4.78, 5) is 38.4. The van der Waals surface area contributed by atoms with Gasteiger partial charge in [0.25, 0.3) is 5.91 Å². The predicted octanol–water partition coefficient (Wildman–Crippen LogP) is 1.38. The second kappa shape index (κ2) is 8.86. The highest BCUT2D eigenvalue weighted by Crippen LogP contribution is 2.58. The van der Waals surface area contributed by atoms with E-state index in [-0.39, 0.29) is 11.9 Å². The summed E-state index contributed by atoms with van der Waals surface area (Å²) in [5.74, 6) is -0.245. The number of aliphatic hydroxyl groups excluding tert-OH is 1. The molecule has 12 heteroatoms. The summed E-state index contributed by atoms with van der Waals surface area (Å²) >= 11 is 2.84. The molecule has 0 radical (unpaired) electrons. The van der Waals surface area contributed by atoms with E-state index in [1.165, 1.54) is 42.3 Å². The van der Waals surface area contributed by atoms with E-state index < -0.39 is 52.0 Å². The largest absolute Gasteiger partial charge is 0.511 e. The van der Waals surface area contributed by atoms with Crippen LogP contribution < -0.4 is 0 Å². The van der Waals surface area contributed by atoms with Crippen LogP contribution in [0.4, 0.5) is 4.79 Å². The van der Waals surface area contributed by atoms with Gasteiger partial charge in [-0.2, -0.15) is 0 Å². The maximum Gasteiger partial charge on any atom is 0.511 e. The minimum atomic E-state index is -1.78. The van der Waals surface area contributed by atoms with E-state index in [1.807, 2.05) is 0 Å². The molecule has 0 bridgehead atoms. The Bertz CT molecular complexity index is 757. The summed E-state index contributed by atoms with van der Waals surface area (Å²) in [6.07, 6.45) is -1.08. The minimum absolute atomic E-state index is 0.101. The van der Waals surface area contributed by atoms with Crippen LogP contribution in [0.15, 0.2) is 10.4 Å². The van der Waals surface area contributed by atoms with E-state index in [2.05, 4.69) is 4.74 Å². The molecule has 3 heterocycles. The molecule has 2 saturated heterocycles. The van der Waals surface area contributed by atoms with Crippen LogP contribution in [0.2, 0.25) is 0 Å². The van der Waals surface area contributed by atoms with Crippen LogP contribution in [0.5, 0.6) is 0 Å². The highest BCUT2D eigenvalue weighted by molar-refractivity contribution is 8.23. The quantitative estimate of drug-likeness (QED) is 0.256. The average Bonchev–Trinajstić information content (AvgIpc) is 3.19. The Morgan fingerprint density at radius 2 is 2.17 bits per heavy atom. The van der Waals surface area contributed by atoms with Crippen molar-refractivity contribution in [3.05, 3.63) is 10.4 Å². The molecule has 162 valence electrons. The van der Waals surface area contributed by atoms with E-state index >= 15 is 0 Å². The van der Waals surface area contributed by atoms with Crippen molar-refractivity contribution in [2.45, 2.75) is 50.2 Å². The van der Waals surface area contributed by atoms with Crippen molar-refractivity contribution in [2.24, 2.45) is 5.41 Å². The van der Waals surface area contributed by atoms with Crippen LogP contribution in [-0.4, -0.2) is 73.4 Å². The fourth-order valence-electron chi connectivity index (χ4n) is 3.36. The molecular weight excluding hydrogens is 442 g/mol. The summed E-state index contributed by atoms with van der Waals surface area (Å²) < 4.78 is 27.0. The van der Waals surface area contributed by atoms with Gasteiger partial charge in [0.15, 0.2) is 0 Å². The fraction of sp³-hybridized carbons (Fsp3) is 0.706. The molecule has 6 atom stereocenters. The van der Waals surface area contributed by atoms with Crippen LogP contribution in [0.3, 0.4) is 0 Å². The first kappa shape index (κ1) is 22.4. The molecule has 1 amide bonds. The minimum Gasteiger partial charge on any atom is -0.435 e. The smallest absolute Gasteiger partial charge is 0.435 e. The molecule has 29 heavy (non-hydrogen) atoms. The van der Waals surface area contributed by atoms with Gasteiger partial charge in [-0.15, -0.1) is 11.8 Å². The lowest BCUT2D eigenvalue weighted by Crippen LogP contribution is -2.72. The van der Waals surface area contributed by atoms with Gasteiger partial charge in [0, 0.05) is 40.7 Å². The molecule has 1 N–H and O–H groups in total. The third kappa shape index (κ3) is 4.17. The Kier molecular flexibility index (Phi) is 6.86. The van der Waals surface area contributed by atoms with Crippen molar-refractivity contribution in [3.8, 4) is 0 Å². The maximum absolute atomic E-state index is 12.8. The summed E-state index contributed by atoms with van der Waals surface area (Å²) in [6.45, 7) is 4.39. The number of rotatable bonds is 7. The Hall–Kier alpha value is -1.24. The number of hydrogen-bond acceptors (Lipinski definition) is 10. The molecular formula is C17H23NO8S3. The van der Waals surface area contributed by atoms with E-state index in [4.69, 9.17) is 9.47 Å². The number of esters is 1. The Balaban J connectivity index is 1.67. The first-order valence-electron chi connectivity index (χ1n) is 9.15. The third-order valence-corrected chi connectivity index (χ3v) is 9.31. The molecule has 0 aromatic carbocycles. The molecule has 0 spiro atoms. The molecule has 0 aromatic heterocycles. The molecule has 3 aliphatic heterocycles. The zero-order valence-corrected chi connectivity index (χ0v) is 18.6. The summed E-state index contributed by atoms with van der Waals surface area (Å²) in [5.41, 5.74) is -1.78. The fourth-order valence-corrected chi connectivity index (χ4v) is 8.42. The number of aliphatic hydroxyl groups is 1. The number of nitrogens with zero attached hydrogens (tertiary/aromatic N) is 1. The second-order valence-corrected chi connectivity index (χ2v) is 11.1. The predicted molar refractivity (Wildman–Crippen MR) is 108 cm³/mol. The standard InChI is InChI=1S/C17H23NO8S3/c1-4-24-16(22)26-10(3)25-15(21)17(9(2)19)13(20)18-7-12(28-14(17)18)27-11-5-6-29(23)8-11/h7,9-11,14,19H,4-6,8H2,1-3H3/t9-,10?,11+,14-,17-,29-/m1/s1. The van der Waals surface area contributed by atoms with Gasteiger partial charge in [-0.3, -0.25) is 13.8 Å². The first-order valence-corrected chi connectivity index (χ1v) is 12.4. The van der Waals surface area contributed by atoms with Gasteiger partial charge in [-0.25, -0.2) is 4.79 Å². The molecule has 3 aliphatic rings. The first-order chi connectivity index (χ1) is 13.7. The molecule has 0 aliphatic carbocycles. The van der Waals surface area contributed by atoms with Crippen LogP contribution in [0.25, 0.3) is 0 Å². The monoisotopic (exact) mass is 465 g/mol. The van der Waals surface area contributed by atoms with Crippen molar-refractivity contribution < 1.29 is 37.9 Å². The number of thioether (sulfide) groups is 2. The number of carbonyl (C=O) groups excluding carboxylic acids is 3. The zero-order valence-electron chi connectivity index (χ0n) is 16.2. The van der Waals surface area contributed by atoms with E-state index in [9.17, 15) is 23.7 Å². The van der Waals surface area contributed by atoms with Gasteiger partial charge in [0.1, 0.15) is 5.37 Å². The molecule has 1 unspecified atom stereocenters. The molecule has 3 rings (SSSR count). The number of β-lactam (4-membered cyclic amide) rings is 1. The van der Waals surface area contributed by atoms with E-state index in [0.29, 0.717) is 11.5 Å².